The van der Waals surface area contributed by atoms with Gasteiger partial charge in [0.2, 0.25) is 0 Å². The van der Waals surface area contributed by atoms with E-state index in [-0.39, 0.29) is 5.91 Å². The van der Waals surface area contributed by atoms with Crippen LogP contribution in [-0.4, -0.2) is 29.4 Å². The SMILES string of the molecule is CCN(Cc1ccc(OCc2cccs2)c(OC)c1)C(=O)c1cccnc1. The summed E-state index contributed by atoms with van der Waals surface area (Å²) in [6.45, 7) is 3.57. The second-order valence-electron chi connectivity index (χ2n) is 5.91. The van der Waals surface area contributed by atoms with Crippen LogP contribution in [0.3, 0.4) is 0 Å². The molecule has 0 N–H and O–H groups in total. The summed E-state index contributed by atoms with van der Waals surface area (Å²) in [5.41, 5.74) is 1.57. The first-order chi connectivity index (χ1) is 13.2. The number of carbonyl (C=O) groups is 1. The van der Waals surface area contributed by atoms with Crippen LogP contribution in [0.4, 0.5) is 0 Å². The van der Waals surface area contributed by atoms with Crippen molar-refractivity contribution in [1.29, 1.82) is 0 Å². The van der Waals surface area contributed by atoms with Gasteiger partial charge in [-0.05, 0) is 48.2 Å². The van der Waals surface area contributed by atoms with Crippen LogP contribution in [-0.2, 0) is 13.2 Å². The van der Waals surface area contributed by atoms with Gasteiger partial charge in [-0.1, -0.05) is 12.1 Å². The van der Waals surface area contributed by atoms with Gasteiger partial charge in [-0.3, -0.25) is 9.78 Å². The molecule has 0 bridgehead atoms. The smallest absolute Gasteiger partial charge is 0.255 e. The molecule has 0 saturated heterocycles. The number of rotatable bonds is 8. The average molecular weight is 382 g/mol. The van der Waals surface area contributed by atoms with E-state index in [0.29, 0.717) is 36.8 Å². The first kappa shape index (κ1) is 18.9. The standard InChI is InChI=1S/C21H22N2O3S/c1-3-23(21(24)17-6-4-10-22-13-17)14-16-8-9-19(20(12-16)25-2)26-15-18-7-5-11-27-18/h4-13H,3,14-15H2,1-2H3. The number of nitrogens with zero attached hydrogens (tertiary/aromatic N) is 2. The minimum absolute atomic E-state index is 0.0393. The summed E-state index contributed by atoms with van der Waals surface area (Å²) in [6.07, 6.45) is 3.25. The monoisotopic (exact) mass is 382 g/mol. The zero-order valence-electron chi connectivity index (χ0n) is 15.4. The number of aromatic nitrogens is 1. The number of carbonyl (C=O) groups excluding carboxylic acids is 1. The van der Waals surface area contributed by atoms with Crippen LogP contribution < -0.4 is 9.47 Å². The molecule has 2 heterocycles. The molecule has 0 saturated carbocycles. The number of hydrogen-bond donors (Lipinski definition) is 0. The molecule has 0 fully saturated rings. The van der Waals surface area contributed by atoms with Crippen molar-refractivity contribution in [3.63, 3.8) is 0 Å². The van der Waals surface area contributed by atoms with E-state index < -0.39 is 0 Å². The van der Waals surface area contributed by atoms with Gasteiger partial charge in [0, 0.05) is 30.4 Å². The van der Waals surface area contributed by atoms with Gasteiger partial charge < -0.3 is 14.4 Å². The topological polar surface area (TPSA) is 51.7 Å². The third-order valence-corrected chi connectivity index (χ3v) is 4.98. The summed E-state index contributed by atoms with van der Waals surface area (Å²) in [6, 6.07) is 13.4. The molecule has 1 amide bonds. The van der Waals surface area contributed by atoms with Crippen molar-refractivity contribution in [3.8, 4) is 11.5 Å². The number of thiophene rings is 1. The molecule has 3 aromatic rings. The number of benzene rings is 1. The third kappa shape index (κ3) is 4.86. The Hall–Kier alpha value is -2.86. The lowest BCUT2D eigenvalue weighted by Gasteiger charge is -2.21. The van der Waals surface area contributed by atoms with Gasteiger partial charge in [0.15, 0.2) is 11.5 Å². The largest absolute Gasteiger partial charge is 0.493 e. The Morgan fingerprint density at radius 3 is 2.74 bits per heavy atom. The van der Waals surface area contributed by atoms with E-state index in [1.165, 1.54) is 0 Å². The maximum Gasteiger partial charge on any atom is 0.255 e. The Labute approximate surface area is 163 Å². The molecular formula is C21H22N2O3S. The number of methoxy groups -OCH3 is 1. The maximum absolute atomic E-state index is 12.7. The minimum atomic E-state index is -0.0393. The highest BCUT2D eigenvalue weighted by Gasteiger charge is 2.16. The molecule has 2 aromatic heterocycles. The molecule has 140 valence electrons. The minimum Gasteiger partial charge on any atom is -0.493 e. The Balaban J connectivity index is 1.71. The second-order valence-corrected chi connectivity index (χ2v) is 6.95. The Morgan fingerprint density at radius 2 is 2.07 bits per heavy atom. The molecular weight excluding hydrogens is 360 g/mol. The van der Waals surface area contributed by atoms with Crippen molar-refractivity contribution in [1.82, 2.24) is 9.88 Å². The zero-order chi connectivity index (χ0) is 19.1. The molecule has 3 rings (SSSR count). The highest BCUT2D eigenvalue weighted by molar-refractivity contribution is 7.09. The van der Waals surface area contributed by atoms with Crippen molar-refractivity contribution < 1.29 is 14.3 Å². The lowest BCUT2D eigenvalue weighted by Crippen LogP contribution is -2.30. The Kier molecular flexibility index (Phi) is 6.44. The van der Waals surface area contributed by atoms with Gasteiger partial charge in [0.1, 0.15) is 6.61 Å². The summed E-state index contributed by atoms with van der Waals surface area (Å²) in [4.78, 5) is 19.6. The summed E-state index contributed by atoms with van der Waals surface area (Å²) in [5, 5.41) is 2.03. The van der Waals surface area contributed by atoms with E-state index in [0.717, 1.165) is 10.4 Å². The normalized spacial score (nSPS) is 10.4. The maximum atomic E-state index is 12.7. The molecule has 0 unspecified atom stereocenters. The van der Waals surface area contributed by atoms with Crippen molar-refractivity contribution in [2.75, 3.05) is 13.7 Å². The van der Waals surface area contributed by atoms with Gasteiger partial charge in [-0.15, -0.1) is 11.3 Å². The quantitative estimate of drug-likeness (QED) is 0.580. The van der Waals surface area contributed by atoms with Crippen LogP contribution in [0.25, 0.3) is 0 Å². The molecule has 0 aliphatic heterocycles. The predicted octanol–water partition coefficient (Wildman–Crippen LogP) is 4.39. The molecule has 27 heavy (non-hydrogen) atoms. The molecule has 5 nitrogen and oxygen atoms in total. The van der Waals surface area contributed by atoms with Crippen molar-refractivity contribution in [2.24, 2.45) is 0 Å². The number of hydrogen-bond acceptors (Lipinski definition) is 5. The number of ether oxygens (including phenoxy) is 2. The Morgan fingerprint density at radius 1 is 1.19 bits per heavy atom. The molecule has 0 atom stereocenters. The average Bonchev–Trinajstić information content (AvgIpc) is 3.24. The van der Waals surface area contributed by atoms with E-state index >= 15 is 0 Å². The first-order valence-corrected chi connectivity index (χ1v) is 9.60. The summed E-state index contributed by atoms with van der Waals surface area (Å²) >= 11 is 1.66. The third-order valence-electron chi connectivity index (χ3n) is 4.13. The van der Waals surface area contributed by atoms with Gasteiger partial charge in [0.25, 0.3) is 5.91 Å². The van der Waals surface area contributed by atoms with Gasteiger partial charge in [0.05, 0.1) is 12.7 Å². The second kappa shape index (κ2) is 9.19. The first-order valence-electron chi connectivity index (χ1n) is 8.72. The van der Waals surface area contributed by atoms with Crippen LogP contribution in [0.1, 0.15) is 27.7 Å². The molecule has 0 aliphatic rings. The lowest BCUT2D eigenvalue weighted by atomic mass is 10.1. The van der Waals surface area contributed by atoms with Gasteiger partial charge in [-0.25, -0.2) is 0 Å². The van der Waals surface area contributed by atoms with Crippen LogP contribution >= 0.6 is 11.3 Å². The Bertz CT molecular complexity index is 866. The fraction of sp³-hybridized carbons (Fsp3) is 0.238. The molecule has 6 heteroatoms. The van der Waals surface area contributed by atoms with Crippen LogP contribution in [0.2, 0.25) is 0 Å². The van der Waals surface area contributed by atoms with Gasteiger partial charge in [-0.2, -0.15) is 0 Å². The van der Waals surface area contributed by atoms with E-state index in [4.69, 9.17) is 9.47 Å². The zero-order valence-corrected chi connectivity index (χ0v) is 16.2. The summed E-state index contributed by atoms with van der Waals surface area (Å²) in [5.74, 6) is 1.31. The van der Waals surface area contributed by atoms with Crippen molar-refractivity contribution in [3.05, 3.63) is 76.2 Å². The van der Waals surface area contributed by atoms with Crippen LogP contribution in [0.5, 0.6) is 11.5 Å². The van der Waals surface area contributed by atoms with Crippen LogP contribution in [0.15, 0.2) is 60.2 Å². The fourth-order valence-electron chi connectivity index (χ4n) is 2.69. The lowest BCUT2D eigenvalue weighted by molar-refractivity contribution is 0.0752. The molecule has 0 aliphatic carbocycles. The summed E-state index contributed by atoms with van der Waals surface area (Å²) < 4.78 is 11.4. The predicted molar refractivity (Wildman–Crippen MR) is 106 cm³/mol. The molecule has 0 spiro atoms. The van der Waals surface area contributed by atoms with Crippen molar-refractivity contribution in [2.45, 2.75) is 20.1 Å². The fourth-order valence-corrected chi connectivity index (χ4v) is 3.31. The van der Waals surface area contributed by atoms with E-state index in [2.05, 4.69) is 4.98 Å². The number of amides is 1. The summed E-state index contributed by atoms with van der Waals surface area (Å²) in [7, 11) is 1.62. The van der Waals surface area contributed by atoms with E-state index in [9.17, 15) is 4.79 Å². The van der Waals surface area contributed by atoms with E-state index in [1.807, 2.05) is 42.6 Å². The highest BCUT2D eigenvalue weighted by atomic mass is 32.1. The van der Waals surface area contributed by atoms with Gasteiger partial charge >= 0.3 is 0 Å². The van der Waals surface area contributed by atoms with E-state index in [1.54, 1.807) is 47.9 Å². The number of pyridine rings is 1. The van der Waals surface area contributed by atoms with Crippen molar-refractivity contribution >= 4 is 17.2 Å². The van der Waals surface area contributed by atoms with Crippen LogP contribution in [0, 0.1) is 0 Å². The molecule has 1 aromatic carbocycles. The molecule has 0 radical (unpaired) electrons. The highest BCUT2D eigenvalue weighted by Crippen LogP contribution is 2.30.